The van der Waals surface area contributed by atoms with Gasteiger partial charge in [-0.15, -0.1) is 10.2 Å². The lowest BCUT2D eigenvalue weighted by Gasteiger charge is -2.10. The smallest absolute Gasteiger partial charge is 0.247 e. The van der Waals surface area contributed by atoms with Gasteiger partial charge in [0.25, 0.3) is 0 Å². The van der Waals surface area contributed by atoms with Crippen molar-refractivity contribution < 1.29 is 13.9 Å². The molecule has 1 unspecified atom stereocenters. The van der Waals surface area contributed by atoms with Crippen LogP contribution in [0.3, 0.4) is 0 Å². The van der Waals surface area contributed by atoms with Gasteiger partial charge in [-0.05, 0) is 55.5 Å². The molecule has 0 aliphatic heterocycles. The van der Waals surface area contributed by atoms with Gasteiger partial charge in [0.2, 0.25) is 11.8 Å². The van der Waals surface area contributed by atoms with Crippen LogP contribution in [0.2, 0.25) is 0 Å². The van der Waals surface area contributed by atoms with Gasteiger partial charge >= 0.3 is 0 Å². The highest BCUT2D eigenvalue weighted by molar-refractivity contribution is 7.99. The van der Waals surface area contributed by atoms with Crippen LogP contribution in [0.25, 0.3) is 17.1 Å². The second-order valence-electron chi connectivity index (χ2n) is 6.21. The quantitative estimate of drug-likeness (QED) is 0.407. The van der Waals surface area contributed by atoms with Crippen LogP contribution in [0.5, 0.6) is 11.5 Å². The summed E-state index contributed by atoms with van der Waals surface area (Å²) in [5, 5.41) is 9.18. The highest BCUT2D eigenvalue weighted by Crippen LogP contribution is 2.35. The van der Waals surface area contributed by atoms with Gasteiger partial charge in [-0.1, -0.05) is 11.8 Å². The second kappa shape index (κ2) is 8.40. The first-order valence-corrected chi connectivity index (χ1v) is 9.88. The van der Waals surface area contributed by atoms with Gasteiger partial charge < -0.3 is 13.9 Å². The molecule has 0 saturated heterocycles. The number of rotatable bonds is 7. The van der Waals surface area contributed by atoms with E-state index in [-0.39, 0.29) is 5.25 Å². The molecule has 7 nitrogen and oxygen atoms in total. The number of thioether (sulfide) groups is 1. The Morgan fingerprint density at radius 3 is 2.24 bits per heavy atom. The molecule has 1 atom stereocenters. The predicted molar refractivity (Wildman–Crippen MR) is 111 cm³/mol. The Labute approximate surface area is 172 Å². The maximum Gasteiger partial charge on any atom is 0.247 e. The van der Waals surface area contributed by atoms with Crippen molar-refractivity contribution in [2.45, 2.75) is 17.3 Å². The van der Waals surface area contributed by atoms with Crippen molar-refractivity contribution in [1.29, 1.82) is 0 Å². The summed E-state index contributed by atoms with van der Waals surface area (Å²) in [6, 6.07) is 15.3. The predicted octanol–water partition coefficient (Wildman–Crippen LogP) is 4.79. The van der Waals surface area contributed by atoms with E-state index in [0.717, 1.165) is 27.9 Å². The lowest BCUT2D eigenvalue weighted by molar-refractivity contribution is 0.414. The summed E-state index contributed by atoms with van der Waals surface area (Å²) in [6.07, 6.45) is 3.70. The monoisotopic (exact) mass is 408 g/mol. The van der Waals surface area contributed by atoms with Crippen LogP contribution in [0.1, 0.15) is 18.1 Å². The molecule has 0 amide bonds. The molecular formula is C21H20N4O3S. The van der Waals surface area contributed by atoms with Gasteiger partial charge in [0.05, 0.1) is 19.5 Å². The lowest BCUT2D eigenvalue weighted by atomic mass is 10.2. The van der Waals surface area contributed by atoms with Crippen LogP contribution in [-0.4, -0.2) is 34.0 Å². The molecule has 2 aromatic heterocycles. The number of hydrogen-bond acceptors (Lipinski definition) is 7. The van der Waals surface area contributed by atoms with Crippen LogP contribution < -0.4 is 9.47 Å². The first-order valence-electron chi connectivity index (χ1n) is 9.00. The summed E-state index contributed by atoms with van der Waals surface area (Å²) in [6.45, 7) is 2.02. The molecule has 0 aliphatic carbocycles. The number of imidazole rings is 1. The average Bonchev–Trinajstić information content (AvgIpc) is 3.44. The van der Waals surface area contributed by atoms with E-state index in [2.05, 4.69) is 15.2 Å². The van der Waals surface area contributed by atoms with Gasteiger partial charge in [-0.3, -0.25) is 4.57 Å². The third-order valence-electron chi connectivity index (χ3n) is 4.36. The molecule has 2 heterocycles. The molecule has 0 N–H and O–H groups in total. The van der Waals surface area contributed by atoms with E-state index in [0.29, 0.717) is 11.8 Å². The van der Waals surface area contributed by atoms with E-state index in [9.17, 15) is 0 Å². The lowest BCUT2D eigenvalue weighted by Crippen LogP contribution is -1.97. The molecule has 0 radical (unpaired) electrons. The summed E-state index contributed by atoms with van der Waals surface area (Å²) in [7, 11) is 3.29. The minimum absolute atomic E-state index is 0.0612. The molecule has 0 spiro atoms. The van der Waals surface area contributed by atoms with Gasteiger partial charge in [0.1, 0.15) is 11.5 Å². The van der Waals surface area contributed by atoms with Crippen molar-refractivity contribution in [3.05, 3.63) is 66.8 Å². The van der Waals surface area contributed by atoms with E-state index in [1.165, 1.54) is 0 Å². The Bertz CT molecular complexity index is 1070. The first-order chi connectivity index (χ1) is 14.2. The fourth-order valence-corrected chi connectivity index (χ4v) is 3.69. The maximum absolute atomic E-state index is 5.89. The normalized spacial score (nSPS) is 12.0. The SMILES string of the molecule is COc1ccc(-c2nnc(C(C)Sc3nccn3-c3ccc(OC)cc3)o2)cc1. The Morgan fingerprint density at radius 2 is 1.59 bits per heavy atom. The van der Waals surface area contributed by atoms with Crippen LogP contribution in [0.15, 0.2) is 70.5 Å². The van der Waals surface area contributed by atoms with Crippen molar-refractivity contribution in [3.63, 3.8) is 0 Å². The molecule has 0 fully saturated rings. The Morgan fingerprint density at radius 1 is 0.931 bits per heavy atom. The van der Waals surface area contributed by atoms with Crippen LogP contribution in [0, 0.1) is 0 Å². The van der Waals surface area contributed by atoms with E-state index in [1.807, 2.05) is 66.2 Å². The fraction of sp³-hybridized carbons (Fsp3) is 0.190. The van der Waals surface area contributed by atoms with E-state index < -0.39 is 0 Å². The van der Waals surface area contributed by atoms with Gasteiger partial charge in [-0.2, -0.15) is 0 Å². The maximum atomic E-state index is 5.89. The molecule has 2 aromatic carbocycles. The van der Waals surface area contributed by atoms with Crippen LogP contribution >= 0.6 is 11.8 Å². The number of hydrogen-bond donors (Lipinski definition) is 0. The summed E-state index contributed by atoms with van der Waals surface area (Å²) >= 11 is 1.55. The molecule has 0 aliphatic rings. The van der Waals surface area contributed by atoms with Crippen LogP contribution in [0.4, 0.5) is 0 Å². The first kappa shape index (κ1) is 19.1. The van der Waals surface area contributed by atoms with Crippen molar-refractivity contribution in [2.24, 2.45) is 0 Å². The van der Waals surface area contributed by atoms with Crippen molar-refractivity contribution >= 4 is 11.8 Å². The molecule has 4 aromatic rings. The standard InChI is InChI=1S/C21H20N4O3S/c1-14(19-23-24-20(28-19)15-4-8-17(26-2)9-5-15)29-21-22-12-13-25(21)16-6-10-18(27-3)11-7-16/h4-14H,1-3H3. The number of benzene rings is 2. The van der Waals surface area contributed by atoms with Gasteiger partial charge in [0, 0.05) is 23.6 Å². The molecular weight excluding hydrogens is 388 g/mol. The highest BCUT2D eigenvalue weighted by atomic mass is 32.2. The Hall–Kier alpha value is -3.26. The van der Waals surface area contributed by atoms with Gasteiger partial charge in [-0.25, -0.2) is 4.98 Å². The third-order valence-corrected chi connectivity index (χ3v) is 5.43. The summed E-state index contributed by atoms with van der Waals surface area (Å²) in [5.74, 6) is 2.62. The Kier molecular flexibility index (Phi) is 5.53. The summed E-state index contributed by atoms with van der Waals surface area (Å²) in [4.78, 5) is 4.48. The zero-order chi connectivity index (χ0) is 20.2. The fourth-order valence-electron chi connectivity index (χ4n) is 2.77. The molecule has 8 heteroatoms. The number of methoxy groups -OCH3 is 2. The molecule has 0 bridgehead atoms. The largest absolute Gasteiger partial charge is 0.497 e. The van der Waals surface area contributed by atoms with E-state index in [4.69, 9.17) is 13.9 Å². The van der Waals surface area contributed by atoms with Crippen molar-refractivity contribution in [1.82, 2.24) is 19.7 Å². The molecule has 0 saturated carbocycles. The zero-order valence-corrected chi connectivity index (χ0v) is 17.1. The molecule has 148 valence electrons. The van der Waals surface area contributed by atoms with E-state index in [1.54, 1.807) is 32.2 Å². The Balaban J connectivity index is 1.51. The summed E-state index contributed by atoms with van der Waals surface area (Å²) < 4.78 is 18.3. The topological polar surface area (TPSA) is 75.2 Å². The number of ether oxygens (including phenoxy) is 2. The number of nitrogens with zero attached hydrogens (tertiary/aromatic N) is 4. The minimum atomic E-state index is -0.0612. The molecule has 29 heavy (non-hydrogen) atoms. The molecule has 4 rings (SSSR count). The minimum Gasteiger partial charge on any atom is -0.497 e. The zero-order valence-electron chi connectivity index (χ0n) is 16.3. The number of aromatic nitrogens is 4. The van der Waals surface area contributed by atoms with Gasteiger partial charge in [0.15, 0.2) is 5.16 Å². The van der Waals surface area contributed by atoms with Crippen LogP contribution in [-0.2, 0) is 0 Å². The van der Waals surface area contributed by atoms with Crippen molar-refractivity contribution in [2.75, 3.05) is 14.2 Å². The van der Waals surface area contributed by atoms with Crippen molar-refractivity contribution in [3.8, 4) is 28.6 Å². The third kappa shape index (κ3) is 4.12. The average molecular weight is 408 g/mol. The highest BCUT2D eigenvalue weighted by Gasteiger charge is 2.19. The summed E-state index contributed by atoms with van der Waals surface area (Å²) in [5.41, 5.74) is 1.85. The van der Waals surface area contributed by atoms with E-state index >= 15 is 0 Å². The second-order valence-corrected chi connectivity index (χ2v) is 7.52.